The van der Waals surface area contributed by atoms with E-state index >= 15 is 0 Å². The van der Waals surface area contributed by atoms with Gasteiger partial charge in [0.2, 0.25) is 5.91 Å². The highest BCUT2D eigenvalue weighted by atomic mass is 16.4. The quantitative estimate of drug-likeness (QED) is 0.827. The summed E-state index contributed by atoms with van der Waals surface area (Å²) in [7, 11) is 0. The molecule has 1 amide bonds. The van der Waals surface area contributed by atoms with E-state index in [-0.39, 0.29) is 12.3 Å². The molecule has 1 aliphatic carbocycles. The molecular formula is C16H17NO3. The number of amides is 1. The van der Waals surface area contributed by atoms with Crippen molar-refractivity contribution in [2.45, 2.75) is 32.1 Å². The molecule has 1 aromatic carbocycles. The number of anilines is 1. The minimum absolute atomic E-state index is 0.0165. The molecule has 4 heteroatoms. The Morgan fingerprint density at radius 1 is 1.35 bits per heavy atom. The summed E-state index contributed by atoms with van der Waals surface area (Å²) in [6.45, 7) is 0. The van der Waals surface area contributed by atoms with Crippen LogP contribution in [0.2, 0.25) is 0 Å². The van der Waals surface area contributed by atoms with Crippen LogP contribution in [0.4, 0.5) is 5.69 Å². The molecule has 0 bridgehead atoms. The van der Waals surface area contributed by atoms with E-state index in [0.29, 0.717) is 24.1 Å². The van der Waals surface area contributed by atoms with E-state index < -0.39 is 11.4 Å². The lowest BCUT2D eigenvalue weighted by Crippen LogP contribution is -2.32. The van der Waals surface area contributed by atoms with Crippen LogP contribution in [0.5, 0.6) is 0 Å². The molecule has 0 aromatic heterocycles. The van der Waals surface area contributed by atoms with Crippen molar-refractivity contribution in [2.75, 3.05) is 5.32 Å². The zero-order valence-corrected chi connectivity index (χ0v) is 11.2. The van der Waals surface area contributed by atoms with Crippen molar-refractivity contribution >= 4 is 17.6 Å². The maximum Gasteiger partial charge on any atom is 0.310 e. The van der Waals surface area contributed by atoms with Crippen LogP contribution in [-0.2, 0) is 9.59 Å². The van der Waals surface area contributed by atoms with Crippen molar-refractivity contribution < 1.29 is 14.7 Å². The molecule has 1 saturated carbocycles. The fourth-order valence-corrected chi connectivity index (χ4v) is 2.72. The first kappa shape index (κ1) is 14.1. The molecule has 1 fully saturated rings. The molecule has 20 heavy (non-hydrogen) atoms. The zero-order chi connectivity index (χ0) is 14.6. The molecule has 0 saturated heterocycles. The lowest BCUT2D eigenvalue weighted by atomic mass is 9.82. The zero-order valence-electron chi connectivity index (χ0n) is 11.2. The molecule has 104 valence electrons. The van der Waals surface area contributed by atoms with Gasteiger partial charge in [-0.05, 0) is 31.0 Å². The van der Waals surface area contributed by atoms with E-state index in [0.717, 1.165) is 12.8 Å². The summed E-state index contributed by atoms with van der Waals surface area (Å²) in [5.74, 6) is 1.35. The van der Waals surface area contributed by atoms with Gasteiger partial charge in [0.1, 0.15) is 0 Å². The standard InChI is InChI=1S/C16H17NO3/c1-2-12-6-5-7-13(10-12)17-14(18)11-16(15(19)20)8-3-4-9-16/h1,5-7,10H,3-4,8-9,11H2,(H,17,18)(H,19,20). The van der Waals surface area contributed by atoms with Crippen molar-refractivity contribution in [2.24, 2.45) is 5.41 Å². The van der Waals surface area contributed by atoms with E-state index in [1.165, 1.54) is 0 Å². The summed E-state index contributed by atoms with van der Waals surface area (Å²) < 4.78 is 0. The van der Waals surface area contributed by atoms with Gasteiger partial charge in [0.15, 0.2) is 0 Å². The third-order valence-corrected chi connectivity index (χ3v) is 3.83. The summed E-state index contributed by atoms with van der Waals surface area (Å²) in [6.07, 6.45) is 8.19. The van der Waals surface area contributed by atoms with Crippen LogP contribution >= 0.6 is 0 Å². The molecule has 4 nitrogen and oxygen atoms in total. The van der Waals surface area contributed by atoms with Crippen LogP contribution in [0.15, 0.2) is 24.3 Å². The van der Waals surface area contributed by atoms with Crippen LogP contribution in [-0.4, -0.2) is 17.0 Å². The van der Waals surface area contributed by atoms with E-state index in [4.69, 9.17) is 6.42 Å². The maximum atomic E-state index is 12.1. The lowest BCUT2D eigenvalue weighted by Gasteiger charge is -2.22. The van der Waals surface area contributed by atoms with Crippen LogP contribution in [0.1, 0.15) is 37.7 Å². The summed E-state index contributed by atoms with van der Waals surface area (Å²) >= 11 is 0. The summed E-state index contributed by atoms with van der Waals surface area (Å²) in [6, 6.07) is 6.96. The molecule has 1 aliphatic rings. The highest BCUT2D eigenvalue weighted by molar-refractivity contribution is 5.94. The molecule has 0 heterocycles. The SMILES string of the molecule is C#Cc1cccc(NC(=O)CC2(C(=O)O)CCCC2)c1. The Labute approximate surface area is 118 Å². The predicted octanol–water partition coefficient (Wildman–Crippen LogP) is 2.64. The van der Waals surface area contributed by atoms with Gasteiger partial charge in [-0.2, -0.15) is 0 Å². The van der Waals surface area contributed by atoms with Crippen molar-refractivity contribution in [3.05, 3.63) is 29.8 Å². The molecule has 1 aromatic rings. The smallest absolute Gasteiger partial charge is 0.310 e. The third-order valence-electron chi connectivity index (χ3n) is 3.83. The summed E-state index contributed by atoms with van der Waals surface area (Å²) in [5.41, 5.74) is 0.383. The van der Waals surface area contributed by atoms with Crippen molar-refractivity contribution in [3.8, 4) is 12.3 Å². The van der Waals surface area contributed by atoms with Gasteiger partial charge in [-0.1, -0.05) is 24.8 Å². The van der Waals surface area contributed by atoms with Crippen molar-refractivity contribution in [3.63, 3.8) is 0 Å². The van der Waals surface area contributed by atoms with Crippen LogP contribution in [0.25, 0.3) is 0 Å². The fraction of sp³-hybridized carbons (Fsp3) is 0.375. The lowest BCUT2D eigenvalue weighted by molar-refractivity contribution is -0.150. The number of terminal acetylenes is 1. The Bertz CT molecular complexity index is 565. The minimum atomic E-state index is -0.895. The molecule has 0 unspecified atom stereocenters. The Kier molecular flexibility index (Phi) is 4.09. The number of rotatable bonds is 4. The van der Waals surface area contributed by atoms with E-state index in [1.807, 2.05) is 0 Å². The number of nitrogens with one attached hydrogen (secondary N) is 1. The number of hydrogen-bond acceptors (Lipinski definition) is 2. The molecule has 2 N–H and O–H groups in total. The fourth-order valence-electron chi connectivity index (χ4n) is 2.72. The number of carbonyl (C=O) groups is 2. The Hall–Kier alpha value is -2.28. The number of benzene rings is 1. The highest BCUT2D eigenvalue weighted by Gasteiger charge is 2.42. The van der Waals surface area contributed by atoms with Crippen molar-refractivity contribution in [1.29, 1.82) is 0 Å². The van der Waals surface area contributed by atoms with E-state index in [2.05, 4.69) is 11.2 Å². The number of carboxylic acid groups (broad SMARTS) is 1. The molecule has 0 aliphatic heterocycles. The van der Waals surface area contributed by atoms with Gasteiger partial charge >= 0.3 is 5.97 Å². The third kappa shape index (κ3) is 3.00. The van der Waals surface area contributed by atoms with Crippen LogP contribution in [0.3, 0.4) is 0 Å². The van der Waals surface area contributed by atoms with Gasteiger partial charge in [0.25, 0.3) is 0 Å². The number of carboxylic acids is 1. The van der Waals surface area contributed by atoms with Crippen LogP contribution < -0.4 is 5.32 Å². The molecule has 0 atom stereocenters. The van der Waals surface area contributed by atoms with Gasteiger partial charge in [0, 0.05) is 17.7 Å². The predicted molar refractivity (Wildman–Crippen MR) is 76.2 cm³/mol. The van der Waals surface area contributed by atoms with Gasteiger partial charge in [-0.3, -0.25) is 9.59 Å². The Morgan fingerprint density at radius 2 is 2.05 bits per heavy atom. The molecular weight excluding hydrogens is 254 g/mol. The summed E-state index contributed by atoms with van der Waals surface area (Å²) in [5, 5.41) is 12.1. The normalized spacial score (nSPS) is 16.4. The number of hydrogen-bond donors (Lipinski definition) is 2. The average molecular weight is 271 g/mol. The second-order valence-corrected chi connectivity index (χ2v) is 5.24. The van der Waals surface area contributed by atoms with Gasteiger partial charge in [-0.25, -0.2) is 0 Å². The first-order valence-electron chi connectivity index (χ1n) is 6.66. The van der Waals surface area contributed by atoms with Gasteiger partial charge < -0.3 is 10.4 Å². The Balaban J connectivity index is 2.05. The largest absolute Gasteiger partial charge is 0.481 e. The first-order chi connectivity index (χ1) is 9.55. The first-order valence-corrected chi connectivity index (χ1v) is 6.66. The Morgan fingerprint density at radius 3 is 2.65 bits per heavy atom. The summed E-state index contributed by atoms with van der Waals surface area (Å²) in [4.78, 5) is 23.5. The average Bonchev–Trinajstić information content (AvgIpc) is 2.88. The van der Waals surface area contributed by atoms with E-state index in [9.17, 15) is 14.7 Å². The highest BCUT2D eigenvalue weighted by Crippen LogP contribution is 2.41. The second kappa shape index (κ2) is 5.79. The van der Waals surface area contributed by atoms with Gasteiger partial charge in [-0.15, -0.1) is 6.42 Å². The molecule has 0 radical (unpaired) electrons. The van der Waals surface area contributed by atoms with Crippen molar-refractivity contribution in [1.82, 2.24) is 0 Å². The number of carbonyl (C=O) groups excluding carboxylic acids is 1. The van der Waals surface area contributed by atoms with Crippen LogP contribution in [0, 0.1) is 17.8 Å². The monoisotopic (exact) mass is 271 g/mol. The minimum Gasteiger partial charge on any atom is -0.481 e. The second-order valence-electron chi connectivity index (χ2n) is 5.24. The number of aliphatic carboxylic acids is 1. The molecule has 0 spiro atoms. The van der Waals surface area contributed by atoms with Gasteiger partial charge in [0.05, 0.1) is 5.41 Å². The molecule has 2 rings (SSSR count). The van der Waals surface area contributed by atoms with E-state index in [1.54, 1.807) is 24.3 Å². The topological polar surface area (TPSA) is 66.4 Å². The maximum absolute atomic E-state index is 12.1.